The van der Waals surface area contributed by atoms with Crippen molar-refractivity contribution in [3.63, 3.8) is 0 Å². The van der Waals surface area contributed by atoms with Crippen molar-refractivity contribution in [3.8, 4) is 0 Å². The second kappa shape index (κ2) is 9.16. The zero-order chi connectivity index (χ0) is 17.6. The summed E-state index contributed by atoms with van der Waals surface area (Å²) in [6.45, 7) is 0. The minimum atomic E-state index is 0. The summed E-state index contributed by atoms with van der Waals surface area (Å²) in [6, 6.07) is 42.6. The highest BCUT2D eigenvalue weighted by molar-refractivity contribution is 8.93. The van der Waals surface area contributed by atoms with Gasteiger partial charge in [-0.15, -0.1) is 17.0 Å². The van der Waals surface area contributed by atoms with Gasteiger partial charge in [0.1, 0.15) is 0 Å². The molecule has 0 unspecified atom stereocenters. The third-order valence-electron chi connectivity index (χ3n) is 4.50. The van der Waals surface area contributed by atoms with E-state index in [9.17, 15) is 0 Å². The fraction of sp³-hybridized carbons (Fsp3) is 0. The van der Waals surface area contributed by atoms with E-state index in [1.54, 1.807) is 0 Å². The van der Waals surface area contributed by atoms with Crippen molar-refractivity contribution >= 4 is 28.1 Å². The molecule has 0 heterocycles. The van der Waals surface area contributed by atoms with Gasteiger partial charge in [0.2, 0.25) is 0 Å². The predicted octanol–water partition coefficient (Wildman–Crippen LogP) is 7.27. The normalized spacial score (nSPS) is 9.93. The topological polar surface area (TPSA) is 0 Å². The average Bonchev–Trinajstić information content (AvgIpc) is 2.74. The zero-order valence-corrected chi connectivity index (χ0v) is 16.7. The minimum absolute atomic E-state index is 0. The maximum Gasteiger partial charge on any atom is -0.00268 e. The van der Waals surface area contributed by atoms with Gasteiger partial charge in [-0.1, -0.05) is 121 Å². The van der Waals surface area contributed by atoms with Crippen LogP contribution in [0.2, 0.25) is 0 Å². The number of hydrogen-bond acceptors (Lipinski definition) is 0. The molecule has 4 rings (SSSR count). The van der Waals surface area contributed by atoms with Crippen molar-refractivity contribution in [2.24, 2.45) is 0 Å². The van der Waals surface area contributed by atoms with Gasteiger partial charge in [-0.2, -0.15) is 0 Å². The summed E-state index contributed by atoms with van der Waals surface area (Å²) >= 11 is 0. The maximum absolute atomic E-state index is 2.19. The first-order valence-corrected chi connectivity index (χ1v) is 8.89. The van der Waals surface area contributed by atoms with Gasteiger partial charge >= 0.3 is 0 Å². The molecule has 0 aliphatic heterocycles. The summed E-state index contributed by atoms with van der Waals surface area (Å²) in [6.07, 6.45) is 0. The molecule has 0 fully saturated rings. The molecule has 0 atom stereocenters. The molecule has 4 aromatic carbocycles. The van der Waals surface area contributed by atoms with E-state index in [1.165, 1.54) is 33.4 Å². The minimum Gasteiger partial charge on any atom is -0.114 e. The van der Waals surface area contributed by atoms with Crippen LogP contribution >= 0.6 is 17.0 Å². The van der Waals surface area contributed by atoms with Crippen LogP contribution in [0.25, 0.3) is 11.1 Å². The van der Waals surface area contributed by atoms with E-state index in [0.717, 1.165) is 0 Å². The Balaban J connectivity index is 0.00000210. The van der Waals surface area contributed by atoms with E-state index in [1.807, 2.05) is 0 Å². The van der Waals surface area contributed by atoms with Crippen molar-refractivity contribution in [3.05, 3.63) is 144 Å². The summed E-state index contributed by atoms with van der Waals surface area (Å²) in [5.74, 6) is 0. The monoisotopic (exact) mass is 412 g/mol. The Morgan fingerprint density at radius 3 is 0.667 bits per heavy atom. The van der Waals surface area contributed by atoms with E-state index in [0.29, 0.717) is 0 Å². The maximum atomic E-state index is 2.19. The highest BCUT2D eigenvalue weighted by atomic mass is 79.9. The molecule has 0 aliphatic carbocycles. The van der Waals surface area contributed by atoms with Crippen LogP contribution in [0.4, 0.5) is 0 Å². The number of rotatable bonds is 4. The van der Waals surface area contributed by atoms with Gasteiger partial charge in [0.15, 0.2) is 0 Å². The molecule has 0 saturated carbocycles. The first-order valence-electron chi connectivity index (χ1n) is 8.89. The lowest BCUT2D eigenvalue weighted by Gasteiger charge is -2.18. The third kappa shape index (κ3) is 4.27. The Hall–Kier alpha value is -2.90. The molecule has 0 aliphatic rings. The molecular weight excluding hydrogens is 392 g/mol. The smallest absolute Gasteiger partial charge is 0.00268 e. The first kappa shape index (κ1) is 18.9. The summed E-state index contributed by atoms with van der Waals surface area (Å²) in [4.78, 5) is 0. The summed E-state index contributed by atoms with van der Waals surface area (Å²) < 4.78 is 0. The van der Waals surface area contributed by atoms with Crippen LogP contribution in [0.5, 0.6) is 0 Å². The van der Waals surface area contributed by atoms with Gasteiger partial charge in [0, 0.05) is 0 Å². The first-order chi connectivity index (χ1) is 12.9. The summed E-state index contributed by atoms with van der Waals surface area (Å²) in [5, 5.41) is 0. The second-order valence-corrected chi connectivity index (χ2v) is 6.21. The zero-order valence-electron chi connectivity index (χ0n) is 15.0. The van der Waals surface area contributed by atoms with Crippen molar-refractivity contribution < 1.29 is 0 Å². The molecule has 0 N–H and O–H groups in total. The lowest BCUT2D eigenvalue weighted by atomic mass is 9.86. The van der Waals surface area contributed by atoms with E-state index in [-0.39, 0.29) is 17.0 Å². The Morgan fingerprint density at radius 2 is 0.481 bits per heavy atom. The molecule has 1 heteroatoms. The highest BCUT2D eigenvalue weighted by Crippen LogP contribution is 2.36. The number of hydrogen-bond donors (Lipinski definition) is 0. The van der Waals surface area contributed by atoms with E-state index in [4.69, 9.17) is 0 Å². The molecule has 0 saturated heterocycles. The van der Waals surface area contributed by atoms with Crippen molar-refractivity contribution in [1.29, 1.82) is 0 Å². The van der Waals surface area contributed by atoms with Crippen molar-refractivity contribution in [1.82, 2.24) is 0 Å². The molecule has 27 heavy (non-hydrogen) atoms. The van der Waals surface area contributed by atoms with Gasteiger partial charge in [-0.25, -0.2) is 0 Å². The number of benzene rings is 4. The van der Waals surface area contributed by atoms with Crippen LogP contribution in [-0.2, 0) is 0 Å². The SMILES string of the molecule is Br.c1ccc(C(=C(c2ccccc2)c2ccccc2)c2ccccc2)cc1. The van der Waals surface area contributed by atoms with Gasteiger partial charge in [0.25, 0.3) is 0 Å². The van der Waals surface area contributed by atoms with Gasteiger partial charge in [0.05, 0.1) is 0 Å². The molecule has 0 bridgehead atoms. The summed E-state index contributed by atoms with van der Waals surface area (Å²) in [5.41, 5.74) is 7.40. The van der Waals surface area contributed by atoms with Crippen LogP contribution in [0.3, 0.4) is 0 Å². The van der Waals surface area contributed by atoms with Crippen LogP contribution in [0.15, 0.2) is 121 Å². The summed E-state index contributed by atoms with van der Waals surface area (Å²) in [7, 11) is 0. The molecule has 0 aromatic heterocycles. The lowest BCUT2D eigenvalue weighted by Crippen LogP contribution is -1.97. The molecule has 0 nitrogen and oxygen atoms in total. The number of halogens is 1. The molecular formula is C26H21Br. The fourth-order valence-electron chi connectivity index (χ4n) is 3.33. The Labute approximate surface area is 171 Å². The largest absolute Gasteiger partial charge is 0.114 e. The van der Waals surface area contributed by atoms with Gasteiger partial charge < -0.3 is 0 Å². The van der Waals surface area contributed by atoms with Crippen LogP contribution in [-0.4, -0.2) is 0 Å². The lowest BCUT2D eigenvalue weighted by molar-refractivity contribution is 1.50. The van der Waals surface area contributed by atoms with Crippen molar-refractivity contribution in [2.45, 2.75) is 0 Å². The van der Waals surface area contributed by atoms with Gasteiger partial charge in [-0.05, 0) is 33.4 Å². The fourth-order valence-corrected chi connectivity index (χ4v) is 3.33. The highest BCUT2D eigenvalue weighted by Gasteiger charge is 2.15. The third-order valence-corrected chi connectivity index (χ3v) is 4.50. The molecule has 4 aromatic rings. The second-order valence-electron chi connectivity index (χ2n) is 6.21. The van der Waals surface area contributed by atoms with E-state index >= 15 is 0 Å². The van der Waals surface area contributed by atoms with Gasteiger partial charge in [-0.3, -0.25) is 0 Å². The molecule has 0 radical (unpaired) electrons. The van der Waals surface area contributed by atoms with Crippen LogP contribution in [0, 0.1) is 0 Å². The van der Waals surface area contributed by atoms with Crippen molar-refractivity contribution in [2.75, 3.05) is 0 Å². The average molecular weight is 413 g/mol. The van der Waals surface area contributed by atoms with Crippen LogP contribution < -0.4 is 0 Å². The standard InChI is InChI=1S/C26H20.BrH/c1-5-13-21(14-6-1)25(22-15-7-2-8-16-22)26(23-17-9-3-10-18-23)24-19-11-4-12-20-24;/h1-20H;1H. The van der Waals surface area contributed by atoms with E-state index in [2.05, 4.69) is 121 Å². The Kier molecular flexibility index (Phi) is 6.40. The van der Waals surface area contributed by atoms with Crippen LogP contribution in [0.1, 0.15) is 22.3 Å². The Bertz CT molecular complexity index is 821. The molecule has 132 valence electrons. The predicted molar refractivity (Wildman–Crippen MR) is 121 cm³/mol. The van der Waals surface area contributed by atoms with E-state index < -0.39 is 0 Å². The Morgan fingerprint density at radius 1 is 0.296 bits per heavy atom. The molecule has 0 spiro atoms. The molecule has 0 amide bonds. The quantitative estimate of drug-likeness (QED) is 0.309.